The van der Waals surface area contributed by atoms with Crippen LogP contribution in [0.15, 0.2) is 48.5 Å². The lowest BCUT2D eigenvalue weighted by molar-refractivity contribution is -0.115. The van der Waals surface area contributed by atoms with E-state index in [4.69, 9.17) is 4.74 Å². The summed E-state index contributed by atoms with van der Waals surface area (Å²) >= 11 is 1.32. The highest BCUT2D eigenvalue weighted by atomic mass is 32.1. The van der Waals surface area contributed by atoms with E-state index in [1.807, 2.05) is 24.3 Å². The maximum absolute atomic E-state index is 12.9. The highest BCUT2D eigenvalue weighted by Crippen LogP contribution is 2.36. The smallest absolute Gasteiger partial charge is 0.341 e. The Morgan fingerprint density at radius 1 is 1.12 bits per heavy atom. The fourth-order valence-electron chi connectivity index (χ4n) is 2.40. The number of anilines is 1. The van der Waals surface area contributed by atoms with Gasteiger partial charge in [0.2, 0.25) is 5.91 Å². The quantitative estimate of drug-likeness (QED) is 0.728. The van der Waals surface area contributed by atoms with Crippen LogP contribution in [0.1, 0.15) is 15.9 Å². The highest BCUT2D eigenvalue weighted by Gasteiger charge is 2.21. The van der Waals surface area contributed by atoms with Crippen molar-refractivity contribution >= 4 is 38.3 Å². The minimum atomic E-state index is -0.496. The summed E-state index contributed by atoms with van der Waals surface area (Å²) < 4.78 is 18.6. The van der Waals surface area contributed by atoms with Crippen LogP contribution in [-0.4, -0.2) is 19.0 Å². The van der Waals surface area contributed by atoms with Crippen molar-refractivity contribution in [1.82, 2.24) is 0 Å². The Bertz CT molecular complexity index is 902. The van der Waals surface area contributed by atoms with Gasteiger partial charge >= 0.3 is 5.97 Å². The van der Waals surface area contributed by atoms with Gasteiger partial charge in [-0.25, -0.2) is 9.18 Å². The van der Waals surface area contributed by atoms with E-state index >= 15 is 0 Å². The number of carbonyl (C=O) groups is 2. The number of esters is 1. The maximum Gasteiger partial charge on any atom is 0.341 e. The molecule has 2 aromatic carbocycles. The Morgan fingerprint density at radius 2 is 1.83 bits per heavy atom. The normalized spacial score (nSPS) is 10.6. The van der Waals surface area contributed by atoms with Gasteiger partial charge in [0.25, 0.3) is 0 Å². The predicted molar refractivity (Wildman–Crippen MR) is 91.9 cm³/mol. The number of halogens is 1. The maximum atomic E-state index is 12.9. The Morgan fingerprint density at radius 3 is 2.54 bits per heavy atom. The zero-order valence-electron chi connectivity index (χ0n) is 12.8. The number of benzene rings is 2. The number of methoxy groups -OCH3 is 1. The summed E-state index contributed by atoms with van der Waals surface area (Å²) in [5.74, 6) is -1.13. The molecular formula is C18H14FNO3S. The van der Waals surface area contributed by atoms with Gasteiger partial charge in [0.1, 0.15) is 16.4 Å². The van der Waals surface area contributed by atoms with Gasteiger partial charge in [-0.15, -0.1) is 11.3 Å². The van der Waals surface area contributed by atoms with Crippen LogP contribution in [0, 0.1) is 5.82 Å². The molecule has 24 heavy (non-hydrogen) atoms. The molecule has 1 N–H and O–H groups in total. The van der Waals surface area contributed by atoms with Crippen LogP contribution in [0.2, 0.25) is 0 Å². The molecular weight excluding hydrogens is 329 g/mol. The average molecular weight is 343 g/mol. The van der Waals surface area contributed by atoms with Gasteiger partial charge < -0.3 is 10.1 Å². The molecule has 0 spiro atoms. The first kappa shape index (κ1) is 16.1. The van der Waals surface area contributed by atoms with E-state index < -0.39 is 5.97 Å². The Balaban J connectivity index is 1.87. The molecule has 0 atom stereocenters. The molecule has 0 saturated carbocycles. The number of hydrogen-bond acceptors (Lipinski definition) is 4. The third kappa shape index (κ3) is 3.28. The van der Waals surface area contributed by atoms with Crippen LogP contribution in [0.4, 0.5) is 9.39 Å². The third-order valence-electron chi connectivity index (χ3n) is 3.52. The zero-order chi connectivity index (χ0) is 17.1. The number of ether oxygens (including phenoxy) is 1. The van der Waals surface area contributed by atoms with E-state index in [1.54, 1.807) is 12.1 Å². The van der Waals surface area contributed by atoms with Crippen LogP contribution in [0.25, 0.3) is 10.1 Å². The van der Waals surface area contributed by atoms with Gasteiger partial charge in [-0.3, -0.25) is 4.79 Å². The molecule has 0 unspecified atom stereocenters. The van der Waals surface area contributed by atoms with Crippen LogP contribution < -0.4 is 5.32 Å². The number of fused-ring (bicyclic) bond motifs is 1. The van der Waals surface area contributed by atoms with E-state index in [0.717, 1.165) is 10.1 Å². The fourth-order valence-corrected chi connectivity index (χ4v) is 3.50. The van der Waals surface area contributed by atoms with Gasteiger partial charge in [-0.05, 0) is 23.8 Å². The number of rotatable bonds is 4. The van der Waals surface area contributed by atoms with E-state index in [9.17, 15) is 14.0 Å². The number of amides is 1. The van der Waals surface area contributed by atoms with Crippen LogP contribution in [0.5, 0.6) is 0 Å². The summed E-state index contributed by atoms with van der Waals surface area (Å²) in [5.41, 5.74) is 1.04. The molecule has 0 bridgehead atoms. The molecule has 0 aliphatic heterocycles. The van der Waals surface area contributed by atoms with Gasteiger partial charge in [-0.1, -0.05) is 30.3 Å². The summed E-state index contributed by atoms with van der Waals surface area (Å²) in [5, 5.41) is 3.96. The van der Waals surface area contributed by atoms with E-state index in [0.29, 0.717) is 16.1 Å². The van der Waals surface area contributed by atoms with E-state index in [1.165, 1.54) is 30.6 Å². The molecule has 1 amide bonds. The number of carbonyl (C=O) groups excluding carboxylic acids is 2. The van der Waals surface area contributed by atoms with Gasteiger partial charge in [0, 0.05) is 10.1 Å². The molecule has 6 heteroatoms. The standard InChI is InChI=1S/C18H14FNO3S/c1-23-18(22)16-13-4-2-3-5-14(13)24-17(16)20-15(21)10-11-6-8-12(19)9-7-11/h2-9H,10H2,1H3,(H,20,21). The minimum Gasteiger partial charge on any atom is -0.465 e. The number of hydrogen-bond donors (Lipinski definition) is 1. The Hall–Kier alpha value is -2.73. The monoisotopic (exact) mass is 343 g/mol. The summed E-state index contributed by atoms with van der Waals surface area (Å²) in [6.45, 7) is 0. The van der Waals surface area contributed by atoms with Crippen molar-refractivity contribution in [2.24, 2.45) is 0 Å². The lowest BCUT2D eigenvalue weighted by Gasteiger charge is -2.06. The van der Waals surface area contributed by atoms with Crippen molar-refractivity contribution in [2.75, 3.05) is 12.4 Å². The van der Waals surface area contributed by atoms with E-state index in [2.05, 4.69) is 5.32 Å². The lowest BCUT2D eigenvalue weighted by Crippen LogP contribution is -2.15. The highest BCUT2D eigenvalue weighted by molar-refractivity contribution is 7.23. The molecule has 0 aliphatic carbocycles. The number of thiophene rings is 1. The molecule has 3 aromatic rings. The third-order valence-corrected chi connectivity index (χ3v) is 4.60. The molecule has 1 aromatic heterocycles. The molecule has 1 heterocycles. The van der Waals surface area contributed by atoms with Gasteiger partial charge in [0.15, 0.2) is 0 Å². The molecule has 0 aliphatic rings. The largest absolute Gasteiger partial charge is 0.465 e. The first-order chi connectivity index (χ1) is 11.6. The summed E-state index contributed by atoms with van der Waals surface area (Å²) in [7, 11) is 1.30. The first-order valence-corrected chi connectivity index (χ1v) is 8.04. The molecule has 0 fully saturated rings. The molecule has 3 rings (SSSR count). The summed E-state index contributed by atoms with van der Waals surface area (Å²) in [4.78, 5) is 24.3. The SMILES string of the molecule is COC(=O)c1c(NC(=O)Cc2ccc(F)cc2)sc2ccccc12. The van der Waals surface area contributed by atoms with Crippen molar-refractivity contribution in [2.45, 2.75) is 6.42 Å². The second-order valence-corrected chi connectivity index (χ2v) is 6.20. The Kier molecular flexibility index (Phi) is 4.57. The molecule has 0 saturated heterocycles. The molecule has 0 radical (unpaired) electrons. The average Bonchev–Trinajstić information content (AvgIpc) is 2.94. The predicted octanol–water partition coefficient (Wildman–Crippen LogP) is 4.01. The van der Waals surface area contributed by atoms with Crippen molar-refractivity contribution in [3.63, 3.8) is 0 Å². The first-order valence-electron chi connectivity index (χ1n) is 7.22. The molecule has 122 valence electrons. The lowest BCUT2D eigenvalue weighted by atomic mass is 10.1. The van der Waals surface area contributed by atoms with Gasteiger partial charge in [0.05, 0.1) is 13.5 Å². The zero-order valence-corrected chi connectivity index (χ0v) is 13.7. The van der Waals surface area contributed by atoms with Crippen molar-refractivity contribution in [3.05, 3.63) is 65.5 Å². The fraction of sp³-hybridized carbons (Fsp3) is 0.111. The summed E-state index contributed by atoms with van der Waals surface area (Å²) in [6, 6.07) is 13.1. The Labute approximate surface area is 141 Å². The van der Waals surface area contributed by atoms with Crippen molar-refractivity contribution in [3.8, 4) is 0 Å². The van der Waals surface area contributed by atoms with Crippen LogP contribution >= 0.6 is 11.3 Å². The van der Waals surface area contributed by atoms with E-state index in [-0.39, 0.29) is 18.1 Å². The second kappa shape index (κ2) is 6.80. The minimum absolute atomic E-state index is 0.0924. The van der Waals surface area contributed by atoms with Crippen molar-refractivity contribution < 1.29 is 18.7 Å². The van der Waals surface area contributed by atoms with Crippen LogP contribution in [-0.2, 0) is 16.0 Å². The molecule has 4 nitrogen and oxygen atoms in total. The van der Waals surface area contributed by atoms with Crippen molar-refractivity contribution in [1.29, 1.82) is 0 Å². The summed E-state index contributed by atoms with van der Waals surface area (Å²) in [6.07, 6.45) is 0.0924. The topological polar surface area (TPSA) is 55.4 Å². The number of nitrogens with one attached hydrogen (secondary N) is 1. The van der Waals surface area contributed by atoms with Crippen LogP contribution in [0.3, 0.4) is 0 Å². The second-order valence-electron chi connectivity index (χ2n) is 5.15. The van der Waals surface area contributed by atoms with Gasteiger partial charge in [-0.2, -0.15) is 0 Å².